The van der Waals surface area contributed by atoms with Crippen LogP contribution in [0.2, 0.25) is 0 Å². The van der Waals surface area contributed by atoms with Crippen molar-refractivity contribution in [1.82, 2.24) is 0 Å². The Morgan fingerprint density at radius 2 is 2.14 bits per heavy atom. The van der Waals surface area contributed by atoms with Crippen molar-refractivity contribution in [2.45, 2.75) is 38.1 Å². The summed E-state index contributed by atoms with van der Waals surface area (Å²) in [4.78, 5) is 0. The van der Waals surface area contributed by atoms with Gasteiger partial charge in [-0.15, -0.1) is 0 Å². The molecule has 0 aromatic heterocycles. The molecule has 1 aromatic carbocycles. The predicted molar refractivity (Wildman–Crippen MR) is 63.5 cm³/mol. The van der Waals surface area contributed by atoms with Gasteiger partial charge >= 0.3 is 0 Å². The van der Waals surface area contributed by atoms with E-state index in [4.69, 9.17) is 5.73 Å². The normalized spacial score (nSPS) is 24.4. The molecule has 0 radical (unpaired) electrons. The van der Waals surface area contributed by atoms with Crippen LogP contribution >= 0.6 is 15.9 Å². The van der Waals surface area contributed by atoms with Crippen molar-refractivity contribution in [3.8, 4) is 0 Å². The highest BCUT2D eigenvalue weighted by Crippen LogP contribution is 2.37. The van der Waals surface area contributed by atoms with Crippen molar-refractivity contribution in [3.63, 3.8) is 0 Å². The zero-order valence-electron chi connectivity index (χ0n) is 8.68. The molecule has 0 spiro atoms. The molecule has 0 heterocycles. The van der Waals surface area contributed by atoms with E-state index in [1.54, 1.807) is 0 Å². The minimum Gasteiger partial charge on any atom is -0.327 e. The molecule has 2 rings (SSSR count). The number of hydrogen-bond acceptors (Lipinski definition) is 1. The van der Waals surface area contributed by atoms with Crippen molar-refractivity contribution >= 4 is 15.9 Å². The molecule has 1 unspecified atom stereocenters. The summed E-state index contributed by atoms with van der Waals surface area (Å²) in [5.41, 5.74) is 9.14. The summed E-state index contributed by atoms with van der Waals surface area (Å²) >= 11 is 3.52. The van der Waals surface area contributed by atoms with Gasteiger partial charge in [-0.25, -0.2) is 0 Å². The molecule has 1 aliphatic carbocycles. The summed E-state index contributed by atoms with van der Waals surface area (Å²) in [5.74, 6) is 0. The molecule has 1 atom stereocenters. The van der Waals surface area contributed by atoms with Gasteiger partial charge in [0.15, 0.2) is 0 Å². The van der Waals surface area contributed by atoms with Gasteiger partial charge in [0.05, 0.1) is 0 Å². The van der Waals surface area contributed by atoms with Crippen LogP contribution in [0, 0.1) is 0 Å². The van der Waals surface area contributed by atoms with E-state index in [1.807, 2.05) is 0 Å². The number of benzene rings is 1. The molecule has 0 fully saturated rings. The van der Waals surface area contributed by atoms with Gasteiger partial charge in [-0.2, -0.15) is 0 Å². The molecule has 0 saturated carbocycles. The number of rotatable bonds is 0. The lowest BCUT2D eigenvalue weighted by atomic mass is 9.70. The maximum Gasteiger partial charge on any atom is 0.0178 e. The summed E-state index contributed by atoms with van der Waals surface area (Å²) in [5, 5.41) is 0. The maximum absolute atomic E-state index is 6.16. The van der Waals surface area contributed by atoms with Crippen molar-refractivity contribution < 1.29 is 0 Å². The standard InChI is InChI=1S/C12H16BrN/c1-12(2)10-7-9(13)5-3-8(10)4-6-11(12)14/h3,5,7,11H,4,6,14H2,1-2H3. The van der Waals surface area contributed by atoms with Gasteiger partial charge in [0.2, 0.25) is 0 Å². The molecule has 0 saturated heterocycles. The van der Waals surface area contributed by atoms with Crippen molar-refractivity contribution in [2.75, 3.05) is 0 Å². The van der Waals surface area contributed by atoms with Gasteiger partial charge < -0.3 is 5.73 Å². The maximum atomic E-state index is 6.16. The minimum absolute atomic E-state index is 0.108. The lowest BCUT2D eigenvalue weighted by molar-refractivity contribution is 0.364. The topological polar surface area (TPSA) is 26.0 Å². The fourth-order valence-electron chi connectivity index (χ4n) is 2.24. The van der Waals surface area contributed by atoms with Crippen LogP contribution in [0.25, 0.3) is 0 Å². The predicted octanol–water partition coefficient (Wildman–Crippen LogP) is 3.00. The molecule has 0 bridgehead atoms. The van der Waals surface area contributed by atoms with Crippen LogP contribution in [0.1, 0.15) is 31.4 Å². The average Bonchev–Trinajstić information content (AvgIpc) is 2.13. The fourth-order valence-corrected chi connectivity index (χ4v) is 2.60. The average molecular weight is 254 g/mol. The third-order valence-corrected chi connectivity index (χ3v) is 3.91. The van der Waals surface area contributed by atoms with E-state index in [1.165, 1.54) is 11.1 Å². The molecule has 76 valence electrons. The molecule has 1 nitrogen and oxygen atoms in total. The summed E-state index contributed by atoms with van der Waals surface area (Å²) in [6, 6.07) is 6.83. The molecule has 1 aromatic rings. The number of fused-ring (bicyclic) bond motifs is 1. The molecular formula is C12H16BrN. The fraction of sp³-hybridized carbons (Fsp3) is 0.500. The van der Waals surface area contributed by atoms with E-state index in [0.29, 0.717) is 0 Å². The van der Waals surface area contributed by atoms with Crippen molar-refractivity contribution in [3.05, 3.63) is 33.8 Å². The Kier molecular flexibility index (Phi) is 2.44. The Balaban J connectivity index is 2.55. The minimum atomic E-state index is 0.108. The third kappa shape index (κ3) is 1.51. The van der Waals surface area contributed by atoms with Gasteiger partial charge in [-0.1, -0.05) is 35.8 Å². The van der Waals surface area contributed by atoms with Gasteiger partial charge in [0.1, 0.15) is 0 Å². The van der Waals surface area contributed by atoms with Crippen LogP contribution < -0.4 is 5.73 Å². The summed E-state index contributed by atoms with van der Waals surface area (Å²) < 4.78 is 1.15. The Morgan fingerprint density at radius 3 is 2.86 bits per heavy atom. The van der Waals surface area contributed by atoms with Gasteiger partial charge in [-0.05, 0) is 36.1 Å². The first-order valence-electron chi connectivity index (χ1n) is 5.06. The van der Waals surface area contributed by atoms with Crippen LogP contribution in [-0.4, -0.2) is 6.04 Å². The number of hydrogen-bond donors (Lipinski definition) is 1. The molecule has 14 heavy (non-hydrogen) atoms. The number of aryl methyl sites for hydroxylation is 1. The largest absolute Gasteiger partial charge is 0.327 e. The van der Waals surface area contributed by atoms with Crippen molar-refractivity contribution in [2.24, 2.45) is 5.73 Å². The Morgan fingerprint density at radius 1 is 1.43 bits per heavy atom. The summed E-state index contributed by atoms with van der Waals surface area (Å²) in [7, 11) is 0. The highest BCUT2D eigenvalue weighted by atomic mass is 79.9. The second-order valence-corrected chi connectivity index (χ2v) is 5.58. The molecule has 2 heteroatoms. The van der Waals surface area contributed by atoms with Crippen LogP contribution in [0.15, 0.2) is 22.7 Å². The van der Waals surface area contributed by atoms with Gasteiger partial charge in [0, 0.05) is 15.9 Å². The Hall–Kier alpha value is -0.340. The van der Waals surface area contributed by atoms with E-state index in [0.717, 1.165) is 17.3 Å². The van der Waals surface area contributed by atoms with E-state index < -0.39 is 0 Å². The van der Waals surface area contributed by atoms with Crippen LogP contribution in [-0.2, 0) is 11.8 Å². The number of nitrogens with two attached hydrogens (primary N) is 1. The Bertz CT molecular complexity index is 357. The summed E-state index contributed by atoms with van der Waals surface area (Å²) in [6.45, 7) is 4.48. The first-order chi connectivity index (χ1) is 6.51. The van der Waals surface area contributed by atoms with E-state index >= 15 is 0 Å². The molecule has 2 N–H and O–H groups in total. The zero-order valence-corrected chi connectivity index (χ0v) is 10.3. The highest BCUT2D eigenvalue weighted by Gasteiger charge is 2.33. The smallest absolute Gasteiger partial charge is 0.0178 e. The van der Waals surface area contributed by atoms with E-state index in [9.17, 15) is 0 Å². The SMILES string of the molecule is CC1(C)c2cc(Br)ccc2CCC1N. The lowest BCUT2D eigenvalue weighted by Crippen LogP contribution is -2.44. The van der Waals surface area contributed by atoms with Crippen LogP contribution in [0.4, 0.5) is 0 Å². The van der Waals surface area contributed by atoms with Crippen molar-refractivity contribution in [1.29, 1.82) is 0 Å². The van der Waals surface area contributed by atoms with E-state index in [-0.39, 0.29) is 11.5 Å². The van der Waals surface area contributed by atoms with Crippen LogP contribution in [0.3, 0.4) is 0 Å². The van der Waals surface area contributed by atoms with Gasteiger partial charge in [-0.3, -0.25) is 0 Å². The highest BCUT2D eigenvalue weighted by molar-refractivity contribution is 9.10. The van der Waals surface area contributed by atoms with Crippen LogP contribution in [0.5, 0.6) is 0 Å². The molecular weight excluding hydrogens is 238 g/mol. The quantitative estimate of drug-likeness (QED) is 0.756. The van der Waals surface area contributed by atoms with Gasteiger partial charge in [0.25, 0.3) is 0 Å². The monoisotopic (exact) mass is 253 g/mol. The second-order valence-electron chi connectivity index (χ2n) is 4.67. The lowest BCUT2D eigenvalue weighted by Gasteiger charge is -2.38. The first kappa shape index (κ1) is 10.2. The molecule has 0 aliphatic heterocycles. The Labute approximate surface area is 93.8 Å². The van der Waals surface area contributed by atoms with E-state index in [2.05, 4.69) is 48.0 Å². The number of halogens is 1. The zero-order chi connectivity index (χ0) is 10.3. The first-order valence-corrected chi connectivity index (χ1v) is 5.85. The summed E-state index contributed by atoms with van der Waals surface area (Å²) in [6.07, 6.45) is 2.22. The molecule has 0 amide bonds. The molecule has 1 aliphatic rings. The third-order valence-electron chi connectivity index (χ3n) is 3.42. The second kappa shape index (κ2) is 3.35.